The van der Waals surface area contributed by atoms with Crippen LogP contribution < -0.4 is 0 Å². The van der Waals surface area contributed by atoms with Crippen LogP contribution in [0.15, 0.2) is 54.6 Å². The van der Waals surface area contributed by atoms with E-state index in [9.17, 15) is 9.59 Å². The van der Waals surface area contributed by atoms with Gasteiger partial charge in [-0.3, -0.25) is 9.59 Å². The first-order chi connectivity index (χ1) is 14.3. The van der Waals surface area contributed by atoms with Crippen LogP contribution in [0.2, 0.25) is 0 Å². The zero-order chi connectivity index (χ0) is 21.8. The third kappa shape index (κ3) is 4.88. The van der Waals surface area contributed by atoms with E-state index in [0.29, 0.717) is 5.56 Å². The quantitative estimate of drug-likeness (QED) is 0.379. The summed E-state index contributed by atoms with van der Waals surface area (Å²) in [6.07, 6.45) is 0.249. The highest BCUT2D eigenvalue weighted by atomic mass is 16.5. The minimum Gasteiger partial charge on any atom is -0.457 e. The molecule has 4 heteroatoms. The molecular weight excluding hydrogens is 374 g/mol. The van der Waals surface area contributed by atoms with Crippen LogP contribution in [-0.2, 0) is 9.53 Å². The zero-order valence-corrected chi connectivity index (χ0v) is 18.4. The number of rotatable bonds is 7. The minimum absolute atomic E-state index is 0.0448. The number of esters is 1. The Kier molecular flexibility index (Phi) is 6.56. The molecule has 3 aromatic rings. The van der Waals surface area contributed by atoms with Gasteiger partial charge in [-0.1, -0.05) is 43.3 Å². The lowest BCUT2D eigenvalue weighted by atomic mass is 9.98. The molecule has 0 saturated carbocycles. The number of aryl methyl sites for hydroxylation is 3. The summed E-state index contributed by atoms with van der Waals surface area (Å²) in [5.74, 6) is -0.495. The molecule has 0 aliphatic heterocycles. The number of hydrogen-bond donors (Lipinski definition) is 0. The lowest BCUT2D eigenvalue weighted by molar-refractivity contribution is -0.142. The Morgan fingerprint density at radius 3 is 2.20 bits per heavy atom. The van der Waals surface area contributed by atoms with Crippen LogP contribution in [0.3, 0.4) is 0 Å². The molecule has 0 unspecified atom stereocenters. The summed E-state index contributed by atoms with van der Waals surface area (Å²) >= 11 is 0. The lowest BCUT2D eigenvalue weighted by Gasteiger charge is -2.12. The van der Waals surface area contributed by atoms with Gasteiger partial charge in [0, 0.05) is 22.6 Å². The van der Waals surface area contributed by atoms with Gasteiger partial charge in [-0.25, -0.2) is 0 Å². The maximum absolute atomic E-state index is 12.8. The zero-order valence-electron chi connectivity index (χ0n) is 18.4. The molecule has 0 N–H and O–H groups in total. The Balaban J connectivity index is 1.68. The summed E-state index contributed by atoms with van der Waals surface area (Å²) in [4.78, 5) is 25.0. The molecular formula is C26H29NO3. The van der Waals surface area contributed by atoms with Crippen molar-refractivity contribution in [2.45, 2.75) is 47.0 Å². The summed E-state index contributed by atoms with van der Waals surface area (Å²) < 4.78 is 7.38. The fourth-order valence-corrected chi connectivity index (χ4v) is 3.95. The van der Waals surface area contributed by atoms with Crippen LogP contribution in [0.25, 0.3) is 5.69 Å². The van der Waals surface area contributed by atoms with E-state index < -0.39 is 0 Å². The Labute approximate surface area is 178 Å². The van der Waals surface area contributed by atoms with Crippen LogP contribution in [0, 0.1) is 27.7 Å². The van der Waals surface area contributed by atoms with Crippen molar-refractivity contribution in [1.29, 1.82) is 0 Å². The van der Waals surface area contributed by atoms with Gasteiger partial charge >= 0.3 is 5.97 Å². The van der Waals surface area contributed by atoms with Gasteiger partial charge < -0.3 is 9.30 Å². The third-order valence-corrected chi connectivity index (χ3v) is 5.40. The third-order valence-electron chi connectivity index (χ3n) is 5.40. The monoisotopic (exact) mass is 403 g/mol. The summed E-state index contributed by atoms with van der Waals surface area (Å²) in [5.41, 5.74) is 6.89. The average molecular weight is 404 g/mol. The standard InChI is InChI=1S/C26H29NO3/c1-17-11-18(2)13-23(12-17)27-20(4)15-24(21(27)5)25(28)16-30-26(29)14-19(3)22-9-7-6-8-10-22/h6-13,15,19H,14,16H2,1-5H3/t19-/m1/s1. The Morgan fingerprint density at radius 2 is 1.57 bits per heavy atom. The van der Waals surface area contributed by atoms with Gasteiger partial charge in [-0.05, 0) is 68.5 Å². The fraction of sp³-hybridized carbons (Fsp3) is 0.308. The first-order valence-electron chi connectivity index (χ1n) is 10.3. The number of carbonyl (C=O) groups excluding carboxylic acids is 2. The Bertz CT molecular complexity index is 1040. The number of benzene rings is 2. The molecule has 0 fully saturated rings. The molecule has 4 nitrogen and oxygen atoms in total. The predicted molar refractivity (Wildman–Crippen MR) is 119 cm³/mol. The molecule has 0 radical (unpaired) electrons. The first kappa shape index (κ1) is 21.6. The highest BCUT2D eigenvalue weighted by Crippen LogP contribution is 2.24. The number of Topliss-reactive ketones (excluding diaryl/α,β-unsaturated/α-hetero) is 1. The SMILES string of the molecule is Cc1cc(C)cc(-n2c(C)cc(C(=O)COC(=O)C[C@@H](C)c3ccccc3)c2C)c1. The van der Waals surface area contributed by atoms with Crippen molar-refractivity contribution in [1.82, 2.24) is 4.57 Å². The van der Waals surface area contributed by atoms with Crippen molar-refractivity contribution in [3.8, 4) is 5.69 Å². The molecule has 30 heavy (non-hydrogen) atoms. The summed E-state index contributed by atoms with van der Waals surface area (Å²) in [6.45, 7) is 9.78. The van der Waals surface area contributed by atoms with Crippen molar-refractivity contribution in [3.63, 3.8) is 0 Å². The molecule has 0 spiro atoms. The van der Waals surface area contributed by atoms with E-state index >= 15 is 0 Å². The van der Waals surface area contributed by atoms with Crippen molar-refractivity contribution in [3.05, 3.63) is 88.2 Å². The van der Waals surface area contributed by atoms with Crippen molar-refractivity contribution in [2.75, 3.05) is 6.61 Å². The molecule has 1 aromatic heterocycles. The van der Waals surface area contributed by atoms with E-state index in [1.165, 1.54) is 11.1 Å². The van der Waals surface area contributed by atoms with Crippen LogP contribution in [0.4, 0.5) is 0 Å². The Hall–Kier alpha value is -3.14. The van der Waals surface area contributed by atoms with E-state index in [1.54, 1.807) is 0 Å². The number of aromatic nitrogens is 1. The van der Waals surface area contributed by atoms with E-state index in [2.05, 4.69) is 36.6 Å². The van der Waals surface area contributed by atoms with E-state index in [0.717, 1.165) is 22.6 Å². The second kappa shape index (κ2) is 9.12. The van der Waals surface area contributed by atoms with Crippen molar-refractivity contribution in [2.24, 2.45) is 0 Å². The van der Waals surface area contributed by atoms with Crippen molar-refractivity contribution < 1.29 is 14.3 Å². The van der Waals surface area contributed by atoms with Crippen molar-refractivity contribution >= 4 is 11.8 Å². The average Bonchev–Trinajstić information content (AvgIpc) is 3.00. The Morgan fingerprint density at radius 1 is 0.933 bits per heavy atom. The van der Waals surface area contributed by atoms with Gasteiger partial charge in [0.05, 0.1) is 6.42 Å². The molecule has 0 amide bonds. The lowest BCUT2D eigenvalue weighted by Crippen LogP contribution is -2.16. The van der Waals surface area contributed by atoms with Gasteiger partial charge in [0.25, 0.3) is 0 Å². The molecule has 0 aliphatic rings. The summed E-state index contributed by atoms with van der Waals surface area (Å²) in [7, 11) is 0. The van der Waals surface area contributed by atoms with Gasteiger partial charge in [0.15, 0.2) is 6.61 Å². The normalized spacial score (nSPS) is 11.9. The minimum atomic E-state index is -0.359. The molecule has 0 bridgehead atoms. The predicted octanol–water partition coefficient (Wildman–Crippen LogP) is 5.63. The van der Waals surface area contributed by atoms with Gasteiger partial charge in [0.1, 0.15) is 0 Å². The van der Waals surface area contributed by atoms with Gasteiger partial charge in [-0.15, -0.1) is 0 Å². The maximum atomic E-state index is 12.8. The molecule has 1 heterocycles. The number of hydrogen-bond acceptors (Lipinski definition) is 3. The summed E-state index contributed by atoms with van der Waals surface area (Å²) in [5, 5.41) is 0. The highest BCUT2D eigenvalue weighted by Gasteiger charge is 2.19. The molecule has 1 atom stereocenters. The fourth-order valence-electron chi connectivity index (χ4n) is 3.95. The van der Waals surface area contributed by atoms with Crippen LogP contribution in [0.1, 0.15) is 57.7 Å². The summed E-state index contributed by atoms with van der Waals surface area (Å²) in [6, 6.07) is 18.0. The van der Waals surface area contributed by atoms with E-state index in [1.807, 2.05) is 57.2 Å². The van der Waals surface area contributed by atoms with E-state index in [4.69, 9.17) is 4.74 Å². The van der Waals surface area contributed by atoms with Gasteiger partial charge in [0.2, 0.25) is 5.78 Å². The first-order valence-corrected chi connectivity index (χ1v) is 10.3. The molecule has 0 saturated heterocycles. The maximum Gasteiger partial charge on any atom is 0.306 e. The smallest absolute Gasteiger partial charge is 0.306 e. The second-order valence-corrected chi connectivity index (χ2v) is 8.07. The van der Waals surface area contributed by atoms with E-state index in [-0.39, 0.29) is 30.7 Å². The van der Waals surface area contributed by atoms with Crippen LogP contribution >= 0.6 is 0 Å². The van der Waals surface area contributed by atoms with Gasteiger partial charge in [-0.2, -0.15) is 0 Å². The molecule has 3 rings (SSSR count). The molecule has 0 aliphatic carbocycles. The number of ether oxygens (including phenoxy) is 1. The molecule has 156 valence electrons. The van der Waals surface area contributed by atoms with Crippen LogP contribution in [-0.4, -0.2) is 22.9 Å². The number of ketones is 1. The topological polar surface area (TPSA) is 48.3 Å². The van der Waals surface area contributed by atoms with Crippen LogP contribution in [0.5, 0.6) is 0 Å². The highest BCUT2D eigenvalue weighted by molar-refractivity contribution is 5.99. The largest absolute Gasteiger partial charge is 0.457 e. The number of nitrogens with zero attached hydrogens (tertiary/aromatic N) is 1. The number of carbonyl (C=O) groups is 2. The second-order valence-electron chi connectivity index (χ2n) is 8.07. The molecule has 2 aromatic carbocycles.